The fraction of sp³-hybridized carbons (Fsp3) is 0.462. The van der Waals surface area contributed by atoms with Gasteiger partial charge < -0.3 is 9.32 Å². The van der Waals surface area contributed by atoms with Crippen LogP contribution in [0.15, 0.2) is 28.7 Å². The third-order valence-electron chi connectivity index (χ3n) is 3.35. The SMILES string of the molecule is CC1CN(c2nc3ccccc3o2)CCC1Br. The third kappa shape index (κ3) is 2.06. The highest BCUT2D eigenvalue weighted by Gasteiger charge is 2.26. The number of alkyl halides is 1. The number of piperidine rings is 1. The fourth-order valence-corrected chi connectivity index (χ4v) is 2.66. The molecule has 3 nitrogen and oxygen atoms in total. The number of benzene rings is 1. The van der Waals surface area contributed by atoms with Crippen molar-refractivity contribution in [3.05, 3.63) is 24.3 Å². The maximum Gasteiger partial charge on any atom is 0.298 e. The van der Waals surface area contributed by atoms with E-state index >= 15 is 0 Å². The third-order valence-corrected chi connectivity index (χ3v) is 4.71. The summed E-state index contributed by atoms with van der Waals surface area (Å²) in [6.07, 6.45) is 1.14. The van der Waals surface area contributed by atoms with Crippen LogP contribution < -0.4 is 4.90 Å². The quantitative estimate of drug-likeness (QED) is 0.755. The molecule has 3 rings (SSSR count). The van der Waals surface area contributed by atoms with Gasteiger partial charge in [-0.1, -0.05) is 35.0 Å². The molecule has 1 aliphatic rings. The van der Waals surface area contributed by atoms with Crippen LogP contribution in [0.1, 0.15) is 13.3 Å². The summed E-state index contributed by atoms with van der Waals surface area (Å²) in [6, 6.07) is 8.68. The maximum absolute atomic E-state index is 5.79. The molecule has 1 saturated heterocycles. The molecule has 4 heteroatoms. The number of halogens is 1. The highest BCUT2D eigenvalue weighted by molar-refractivity contribution is 9.09. The predicted molar refractivity (Wildman–Crippen MR) is 72.7 cm³/mol. The van der Waals surface area contributed by atoms with Gasteiger partial charge in [0.15, 0.2) is 5.58 Å². The van der Waals surface area contributed by atoms with Crippen LogP contribution in [-0.4, -0.2) is 22.9 Å². The first kappa shape index (κ1) is 11.1. The lowest BCUT2D eigenvalue weighted by molar-refractivity contribution is 0.437. The zero-order valence-corrected chi connectivity index (χ0v) is 11.4. The summed E-state index contributed by atoms with van der Waals surface area (Å²) in [5, 5.41) is 0. The Morgan fingerprint density at radius 3 is 3.00 bits per heavy atom. The van der Waals surface area contributed by atoms with Crippen LogP contribution in [0.2, 0.25) is 0 Å². The van der Waals surface area contributed by atoms with Gasteiger partial charge in [0.1, 0.15) is 5.52 Å². The van der Waals surface area contributed by atoms with Crippen LogP contribution in [0.5, 0.6) is 0 Å². The molecule has 0 radical (unpaired) electrons. The Balaban J connectivity index is 1.88. The smallest absolute Gasteiger partial charge is 0.298 e. The molecule has 17 heavy (non-hydrogen) atoms. The molecule has 0 amide bonds. The van der Waals surface area contributed by atoms with Crippen LogP contribution in [0.25, 0.3) is 11.1 Å². The van der Waals surface area contributed by atoms with E-state index in [-0.39, 0.29) is 0 Å². The standard InChI is InChI=1S/C13H15BrN2O/c1-9-8-16(7-6-10(9)14)13-15-11-4-2-3-5-12(11)17-13/h2-5,9-10H,6-8H2,1H3. The number of hydrogen-bond acceptors (Lipinski definition) is 3. The number of aromatic nitrogens is 1. The number of para-hydroxylation sites is 2. The van der Waals surface area contributed by atoms with Crippen molar-refractivity contribution in [1.82, 2.24) is 4.98 Å². The van der Waals surface area contributed by atoms with E-state index in [0.717, 1.165) is 36.6 Å². The largest absolute Gasteiger partial charge is 0.423 e. The number of oxazole rings is 1. The summed E-state index contributed by atoms with van der Waals surface area (Å²) in [4.78, 5) is 7.39. The molecule has 0 aliphatic carbocycles. The van der Waals surface area contributed by atoms with E-state index in [1.807, 2.05) is 24.3 Å². The Labute approximate surface area is 109 Å². The van der Waals surface area contributed by atoms with Crippen molar-refractivity contribution in [3.63, 3.8) is 0 Å². The van der Waals surface area contributed by atoms with Gasteiger partial charge in [0.05, 0.1) is 0 Å². The van der Waals surface area contributed by atoms with Crippen molar-refractivity contribution in [3.8, 4) is 0 Å². The summed E-state index contributed by atoms with van der Waals surface area (Å²) < 4.78 is 5.79. The van der Waals surface area contributed by atoms with Crippen LogP contribution >= 0.6 is 15.9 Å². The lowest BCUT2D eigenvalue weighted by Crippen LogP contribution is -2.39. The molecule has 1 aromatic heterocycles. The van der Waals surface area contributed by atoms with Crippen LogP contribution in [0, 0.1) is 5.92 Å². The van der Waals surface area contributed by atoms with Gasteiger partial charge in [-0.3, -0.25) is 0 Å². The highest BCUT2D eigenvalue weighted by atomic mass is 79.9. The Morgan fingerprint density at radius 1 is 1.41 bits per heavy atom. The van der Waals surface area contributed by atoms with Crippen molar-refractivity contribution < 1.29 is 4.42 Å². The minimum absolute atomic E-state index is 0.614. The molecule has 2 heterocycles. The molecular formula is C13H15BrN2O. The van der Waals surface area contributed by atoms with Crippen molar-refractivity contribution >= 4 is 33.0 Å². The van der Waals surface area contributed by atoms with Crippen molar-refractivity contribution in [2.75, 3.05) is 18.0 Å². The molecular weight excluding hydrogens is 280 g/mol. The van der Waals surface area contributed by atoms with Gasteiger partial charge in [0, 0.05) is 17.9 Å². The monoisotopic (exact) mass is 294 g/mol. The van der Waals surface area contributed by atoms with Gasteiger partial charge >= 0.3 is 0 Å². The second-order valence-corrected chi connectivity index (χ2v) is 5.87. The molecule has 0 N–H and O–H groups in total. The molecule has 1 aliphatic heterocycles. The van der Waals surface area contributed by atoms with Gasteiger partial charge in [-0.2, -0.15) is 4.98 Å². The molecule has 90 valence electrons. The van der Waals surface area contributed by atoms with E-state index in [9.17, 15) is 0 Å². The van der Waals surface area contributed by atoms with Gasteiger partial charge in [-0.15, -0.1) is 0 Å². The molecule has 1 fully saturated rings. The van der Waals surface area contributed by atoms with Crippen molar-refractivity contribution in [1.29, 1.82) is 0 Å². The van der Waals surface area contributed by atoms with Gasteiger partial charge in [0.2, 0.25) is 0 Å². The average Bonchev–Trinajstić information content (AvgIpc) is 2.76. The zero-order chi connectivity index (χ0) is 11.8. The summed E-state index contributed by atoms with van der Waals surface area (Å²) in [5.74, 6) is 0.624. The van der Waals surface area contributed by atoms with Crippen LogP contribution in [-0.2, 0) is 0 Å². The van der Waals surface area contributed by atoms with Crippen molar-refractivity contribution in [2.45, 2.75) is 18.2 Å². The van der Waals surface area contributed by atoms with E-state index in [1.165, 1.54) is 0 Å². The lowest BCUT2D eigenvalue weighted by atomic mass is 10.0. The molecule has 2 aromatic rings. The zero-order valence-electron chi connectivity index (χ0n) is 9.77. The Kier molecular flexibility index (Phi) is 2.82. The van der Waals surface area contributed by atoms with E-state index in [1.54, 1.807) is 0 Å². The number of nitrogens with zero attached hydrogens (tertiary/aromatic N) is 2. The minimum atomic E-state index is 0.614. The number of hydrogen-bond donors (Lipinski definition) is 0. The van der Waals surface area contributed by atoms with E-state index in [0.29, 0.717) is 10.7 Å². The van der Waals surface area contributed by atoms with E-state index in [2.05, 4.69) is 32.7 Å². The first-order chi connectivity index (χ1) is 8.24. The second kappa shape index (κ2) is 4.33. The molecule has 0 bridgehead atoms. The molecule has 2 unspecified atom stereocenters. The molecule has 0 saturated carbocycles. The first-order valence-electron chi connectivity index (χ1n) is 5.98. The maximum atomic E-state index is 5.79. The summed E-state index contributed by atoms with van der Waals surface area (Å²) >= 11 is 3.71. The predicted octanol–water partition coefficient (Wildman–Crippen LogP) is 3.44. The number of anilines is 1. The Morgan fingerprint density at radius 2 is 2.24 bits per heavy atom. The first-order valence-corrected chi connectivity index (χ1v) is 6.90. The van der Waals surface area contributed by atoms with Crippen LogP contribution in [0.3, 0.4) is 0 Å². The van der Waals surface area contributed by atoms with Crippen molar-refractivity contribution in [2.24, 2.45) is 5.92 Å². The van der Waals surface area contributed by atoms with Crippen LogP contribution in [0.4, 0.5) is 6.01 Å². The fourth-order valence-electron chi connectivity index (χ4n) is 2.29. The molecule has 0 spiro atoms. The molecule has 1 aromatic carbocycles. The van der Waals surface area contributed by atoms with Gasteiger partial charge in [0.25, 0.3) is 6.01 Å². The Hall–Kier alpha value is -1.03. The summed E-state index contributed by atoms with van der Waals surface area (Å²) in [5.41, 5.74) is 1.81. The Bertz CT molecular complexity index is 492. The normalized spacial score (nSPS) is 25.4. The lowest BCUT2D eigenvalue weighted by Gasteiger charge is -2.33. The average molecular weight is 295 g/mol. The highest BCUT2D eigenvalue weighted by Crippen LogP contribution is 2.28. The van der Waals surface area contributed by atoms with Gasteiger partial charge in [-0.05, 0) is 24.5 Å². The summed E-state index contributed by atoms with van der Waals surface area (Å²) in [6.45, 7) is 4.27. The van der Waals surface area contributed by atoms with E-state index in [4.69, 9.17) is 4.42 Å². The number of fused-ring (bicyclic) bond motifs is 1. The number of rotatable bonds is 1. The van der Waals surface area contributed by atoms with E-state index < -0.39 is 0 Å². The summed E-state index contributed by atoms with van der Waals surface area (Å²) in [7, 11) is 0. The molecule has 2 atom stereocenters. The minimum Gasteiger partial charge on any atom is -0.423 e. The van der Waals surface area contributed by atoms with Gasteiger partial charge in [-0.25, -0.2) is 0 Å². The topological polar surface area (TPSA) is 29.3 Å². The second-order valence-electron chi connectivity index (χ2n) is 4.69.